The maximum Gasteiger partial charge on any atom is 0.334 e. The van der Waals surface area contributed by atoms with Crippen molar-refractivity contribution < 1.29 is 22.6 Å². The van der Waals surface area contributed by atoms with Gasteiger partial charge in [0.1, 0.15) is 5.47 Å². The van der Waals surface area contributed by atoms with Crippen LogP contribution in [0.15, 0.2) is 0 Å². The van der Waals surface area contributed by atoms with E-state index >= 15 is 0 Å². The van der Waals surface area contributed by atoms with E-state index in [9.17, 15) is 4.89 Å². The van der Waals surface area contributed by atoms with Crippen LogP contribution in [0.25, 0.3) is 0 Å². The number of thiol groups is 1. The molecule has 1 atom stereocenters. The molecule has 0 aromatic carbocycles. The van der Waals surface area contributed by atoms with E-state index < -0.39 is 22.6 Å². The molecule has 0 amide bonds. The molecular weight excluding hydrogens is 399 g/mol. The van der Waals surface area contributed by atoms with E-state index in [1.165, 1.54) is 0 Å². The van der Waals surface area contributed by atoms with Crippen molar-refractivity contribution in [1.29, 1.82) is 0 Å². The second-order valence-corrected chi connectivity index (χ2v) is 20.3. The third kappa shape index (κ3) is 7.86. The Balaban J connectivity index is 4.78. The van der Waals surface area contributed by atoms with E-state index in [-0.39, 0.29) is 5.16 Å². The number of hydrogen-bond acceptors (Lipinski definition) is 5. The van der Waals surface area contributed by atoms with Gasteiger partial charge < -0.3 is 22.6 Å². The molecule has 10 heteroatoms. The fourth-order valence-corrected chi connectivity index (χ4v) is 7.41. The van der Waals surface area contributed by atoms with E-state index in [2.05, 4.69) is 19.2 Å². The predicted molar refractivity (Wildman–Crippen MR) is 113 cm³/mol. The van der Waals surface area contributed by atoms with Gasteiger partial charge in [-0.2, -0.15) is 0 Å². The zero-order valence-corrected chi connectivity index (χ0v) is 20.7. The predicted octanol–water partition coefficient (Wildman–Crippen LogP) is 4.27. The molecular formula is C14H35O5PS2Si2. The summed E-state index contributed by atoms with van der Waals surface area (Å²) >= 11 is 9.77. The molecule has 24 heavy (non-hydrogen) atoms. The molecule has 0 radical (unpaired) electrons. The lowest BCUT2D eigenvalue weighted by Crippen LogP contribution is -2.37. The van der Waals surface area contributed by atoms with Crippen LogP contribution in [0.3, 0.4) is 0 Å². The summed E-state index contributed by atoms with van der Waals surface area (Å²) in [4.78, 5) is 10.5. The Kier molecular flexibility index (Phi) is 11.1. The molecule has 0 spiro atoms. The Bertz CT molecular complexity index is 390. The highest BCUT2D eigenvalue weighted by Gasteiger charge is 2.39. The standard InChI is InChI=1S/C14H35O5PS2Si2/c1-14(20(15,21)22,10-8-12-23(6,16-2)17-3)11-9-13-24(7,18-4)19-5/h8-13H2,1-7H3,(H2,15,21,22). The van der Waals surface area contributed by atoms with Gasteiger partial charge in [-0.25, -0.2) is 0 Å². The first-order valence-electron chi connectivity index (χ1n) is 8.17. The summed E-state index contributed by atoms with van der Waals surface area (Å²) in [7, 11) is 2.62. The lowest BCUT2D eigenvalue weighted by Gasteiger charge is -2.36. The molecule has 0 saturated heterocycles. The smallest absolute Gasteiger partial charge is 0.334 e. The molecule has 0 aliphatic rings. The molecule has 0 aliphatic carbocycles. The molecule has 0 heterocycles. The first-order valence-corrected chi connectivity index (χ1v) is 17.1. The van der Waals surface area contributed by atoms with E-state index in [0.717, 1.165) is 37.8 Å². The van der Waals surface area contributed by atoms with Crippen LogP contribution in [0, 0.1) is 0 Å². The minimum atomic E-state index is -2.69. The molecule has 0 aromatic rings. The lowest BCUT2D eigenvalue weighted by atomic mass is 9.99. The minimum Gasteiger partial charge on any atom is -0.398 e. The van der Waals surface area contributed by atoms with E-state index in [1.807, 2.05) is 13.1 Å². The van der Waals surface area contributed by atoms with Crippen LogP contribution in [0.4, 0.5) is 0 Å². The summed E-state index contributed by atoms with van der Waals surface area (Å²) in [5.41, 5.74) is -2.69. The maximum atomic E-state index is 10.5. The Hall–Kier alpha value is 1.23. The largest absolute Gasteiger partial charge is 0.398 e. The monoisotopic (exact) mass is 434 g/mol. The summed E-state index contributed by atoms with van der Waals surface area (Å²) in [6, 6.07) is 1.75. The molecule has 0 aromatic heterocycles. The topological polar surface area (TPSA) is 57.2 Å². The molecule has 1 N–H and O–H groups in total. The van der Waals surface area contributed by atoms with Crippen molar-refractivity contribution in [3.05, 3.63) is 0 Å². The van der Waals surface area contributed by atoms with Crippen LogP contribution in [0.5, 0.6) is 0 Å². The summed E-state index contributed by atoms with van der Waals surface area (Å²) in [6.45, 7) is 6.15. The van der Waals surface area contributed by atoms with E-state index in [1.54, 1.807) is 28.4 Å². The van der Waals surface area contributed by atoms with E-state index in [0.29, 0.717) is 0 Å². The SMILES string of the molecule is CO[Si](C)(CCCC(C)(CCC[Si](C)(OC)OC)P(O)(=S)S)OC. The Morgan fingerprint density at radius 2 is 1.21 bits per heavy atom. The van der Waals surface area contributed by atoms with Crippen molar-refractivity contribution >= 4 is 46.6 Å². The van der Waals surface area contributed by atoms with Crippen molar-refractivity contribution in [3.63, 3.8) is 0 Å². The maximum absolute atomic E-state index is 10.5. The van der Waals surface area contributed by atoms with Crippen LogP contribution in [-0.2, 0) is 29.5 Å². The van der Waals surface area contributed by atoms with Crippen molar-refractivity contribution in [1.82, 2.24) is 0 Å². The average molecular weight is 435 g/mol. The van der Waals surface area contributed by atoms with Gasteiger partial charge in [-0.3, -0.25) is 0 Å². The highest BCUT2D eigenvalue weighted by molar-refractivity contribution is 8.61. The molecule has 0 fully saturated rings. The Morgan fingerprint density at radius 1 is 0.917 bits per heavy atom. The fraction of sp³-hybridized carbons (Fsp3) is 1.00. The van der Waals surface area contributed by atoms with Crippen LogP contribution in [0.1, 0.15) is 32.6 Å². The van der Waals surface area contributed by atoms with Gasteiger partial charge in [0.05, 0.1) is 0 Å². The Morgan fingerprint density at radius 3 is 1.42 bits per heavy atom. The quantitative estimate of drug-likeness (QED) is 0.256. The summed E-state index contributed by atoms with van der Waals surface area (Å²) in [5.74, 6) is 0. The number of hydrogen-bond donors (Lipinski definition) is 2. The second kappa shape index (κ2) is 10.5. The fourth-order valence-electron chi connectivity index (χ4n) is 2.57. The number of rotatable bonds is 13. The van der Waals surface area contributed by atoms with Gasteiger partial charge in [-0.05, 0) is 38.0 Å². The summed E-state index contributed by atoms with van der Waals surface area (Å²) < 4.78 is 22.1. The van der Waals surface area contributed by atoms with Crippen molar-refractivity contribution in [3.8, 4) is 0 Å². The highest BCUT2D eigenvalue weighted by Crippen LogP contribution is 2.63. The second-order valence-electron chi connectivity index (χ2n) is 6.83. The van der Waals surface area contributed by atoms with Gasteiger partial charge >= 0.3 is 17.1 Å². The zero-order valence-electron chi connectivity index (χ0n) is 16.1. The summed E-state index contributed by atoms with van der Waals surface area (Å²) in [6.07, 6.45) is 3.45. The van der Waals surface area contributed by atoms with Gasteiger partial charge in [0.15, 0.2) is 0 Å². The molecule has 5 nitrogen and oxygen atoms in total. The zero-order chi connectivity index (χ0) is 19.1. The van der Waals surface area contributed by atoms with Gasteiger partial charge in [0, 0.05) is 33.6 Å². The molecule has 1 unspecified atom stereocenters. The van der Waals surface area contributed by atoms with Crippen LogP contribution >= 0.6 is 17.7 Å². The van der Waals surface area contributed by atoms with Gasteiger partial charge in [0.25, 0.3) is 0 Å². The highest BCUT2D eigenvalue weighted by atomic mass is 32.9. The van der Waals surface area contributed by atoms with Crippen LogP contribution < -0.4 is 0 Å². The van der Waals surface area contributed by atoms with Crippen molar-refractivity contribution in [2.75, 3.05) is 28.4 Å². The molecule has 0 aliphatic heterocycles. The average Bonchev–Trinajstić information content (AvgIpc) is 2.53. The first-order chi connectivity index (χ1) is 10.9. The first kappa shape index (κ1) is 25.2. The van der Waals surface area contributed by atoms with Crippen LogP contribution in [-0.4, -0.2) is 55.6 Å². The molecule has 0 bridgehead atoms. The van der Waals surface area contributed by atoms with Crippen LogP contribution in [0.2, 0.25) is 25.2 Å². The normalized spacial score (nSPS) is 16.2. The van der Waals surface area contributed by atoms with Gasteiger partial charge in [-0.1, -0.05) is 31.6 Å². The van der Waals surface area contributed by atoms with Crippen molar-refractivity contribution in [2.24, 2.45) is 0 Å². The van der Waals surface area contributed by atoms with E-state index in [4.69, 9.17) is 29.5 Å². The summed E-state index contributed by atoms with van der Waals surface area (Å²) in [5, 5.41) is -0.362. The minimum absolute atomic E-state index is 0.362. The lowest BCUT2D eigenvalue weighted by molar-refractivity contribution is 0.246. The molecule has 0 saturated carbocycles. The Labute approximate surface area is 160 Å². The molecule has 0 rings (SSSR count). The third-order valence-corrected chi connectivity index (χ3v) is 15.7. The van der Waals surface area contributed by atoms with Gasteiger partial charge in [0.2, 0.25) is 0 Å². The third-order valence-electron chi connectivity index (χ3n) is 5.12. The molecule has 146 valence electrons. The van der Waals surface area contributed by atoms with Crippen molar-refractivity contribution in [2.45, 2.75) is 62.9 Å². The van der Waals surface area contributed by atoms with Gasteiger partial charge in [-0.15, -0.1) is 12.2 Å².